The lowest BCUT2D eigenvalue weighted by Crippen LogP contribution is -2.24. The van der Waals surface area contributed by atoms with Crippen LogP contribution in [0.3, 0.4) is 0 Å². The van der Waals surface area contributed by atoms with Crippen LogP contribution in [0.2, 0.25) is 0 Å². The number of hydrogen-bond donors (Lipinski definition) is 0. The Bertz CT molecular complexity index is 1400. The Labute approximate surface area is 169 Å². The molecule has 30 heavy (non-hydrogen) atoms. The molecule has 1 aromatic heterocycles. The molecule has 7 heteroatoms. The molecule has 0 radical (unpaired) electrons. The number of benzene rings is 3. The van der Waals surface area contributed by atoms with Gasteiger partial charge >= 0.3 is 6.18 Å². The number of aromatic nitrogens is 1. The fourth-order valence-electron chi connectivity index (χ4n) is 4.33. The van der Waals surface area contributed by atoms with Crippen LogP contribution in [-0.2, 0) is 6.18 Å². The van der Waals surface area contributed by atoms with Crippen molar-refractivity contribution in [3.8, 4) is 5.69 Å². The van der Waals surface area contributed by atoms with Crippen molar-refractivity contribution in [1.82, 2.24) is 9.47 Å². The Morgan fingerprint density at radius 1 is 0.800 bits per heavy atom. The predicted octanol–water partition coefficient (Wildman–Crippen LogP) is 5.34. The minimum absolute atomic E-state index is 0.0301. The topological polar surface area (TPSA) is 42.3 Å². The van der Waals surface area contributed by atoms with E-state index in [0.717, 1.165) is 16.5 Å². The van der Waals surface area contributed by atoms with E-state index in [-0.39, 0.29) is 22.3 Å². The van der Waals surface area contributed by atoms with Gasteiger partial charge in [0.2, 0.25) is 0 Å². The van der Waals surface area contributed by atoms with Gasteiger partial charge in [0.25, 0.3) is 11.8 Å². The summed E-state index contributed by atoms with van der Waals surface area (Å²) in [6.45, 7) is 1.81. The molecule has 0 spiro atoms. The lowest BCUT2D eigenvalue weighted by Gasteiger charge is -2.16. The van der Waals surface area contributed by atoms with Crippen molar-refractivity contribution >= 4 is 33.6 Å². The van der Waals surface area contributed by atoms with Crippen molar-refractivity contribution in [2.24, 2.45) is 0 Å². The predicted molar refractivity (Wildman–Crippen MR) is 107 cm³/mol. The fraction of sp³-hybridized carbons (Fsp3) is 0.130. The van der Waals surface area contributed by atoms with Gasteiger partial charge in [-0.05, 0) is 30.7 Å². The van der Waals surface area contributed by atoms with Gasteiger partial charge < -0.3 is 4.57 Å². The summed E-state index contributed by atoms with van der Waals surface area (Å²) in [7, 11) is 1.37. The Balaban J connectivity index is 2.04. The van der Waals surface area contributed by atoms with E-state index in [0.29, 0.717) is 16.3 Å². The smallest absolute Gasteiger partial charge is 0.308 e. The summed E-state index contributed by atoms with van der Waals surface area (Å²) in [6.07, 6.45) is -4.59. The summed E-state index contributed by atoms with van der Waals surface area (Å²) in [6, 6.07) is 14.1. The van der Waals surface area contributed by atoms with Crippen molar-refractivity contribution in [1.29, 1.82) is 0 Å². The number of alkyl halides is 3. The maximum atomic E-state index is 14.0. The van der Waals surface area contributed by atoms with Crippen LogP contribution < -0.4 is 0 Å². The van der Waals surface area contributed by atoms with Crippen LogP contribution in [0.4, 0.5) is 13.2 Å². The minimum atomic E-state index is -4.59. The quantitative estimate of drug-likeness (QED) is 0.399. The number of imide groups is 1. The lowest BCUT2D eigenvalue weighted by molar-refractivity contribution is -0.136. The van der Waals surface area contributed by atoms with E-state index in [4.69, 9.17) is 0 Å². The van der Waals surface area contributed by atoms with Gasteiger partial charge in [0.1, 0.15) is 0 Å². The van der Waals surface area contributed by atoms with Crippen LogP contribution >= 0.6 is 0 Å². The first-order valence-corrected chi connectivity index (χ1v) is 9.27. The molecule has 2 amide bonds. The molecule has 0 bridgehead atoms. The third-order valence-corrected chi connectivity index (χ3v) is 5.65. The van der Waals surface area contributed by atoms with Crippen molar-refractivity contribution in [3.63, 3.8) is 0 Å². The molecule has 0 N–H and O–H groups in total. The zero-order valence-corrected chi connectivity index (χ0v) is 16.0. The molecule has 0 unspecified atom stereocenters. The monoisotopic (exact) mass is 408 g/mol. The zero-order chi connectivity index (χ0) is 21.4. The van der Waals surface area contributed by atoms with E-state index < -0.39 is 23.6 Å². The number of halogens is 3. The van der Waals surface area contributed by atoms with E-state index in [1.807, 2.05) is 13.0 Å². The van der Waals surface area contributed by atoms with Crippen LogP contribution in [-0.4, -0.2) is 28.3 Å². The fourth-order valence-corrected chi connectivity index (χ4v) is 4.33. The highest BCUT2D eigenvalue weighted by molar-refractivity contribution is 6.23. The lowest BCUT2D eigenvalue weighted by atomic mass is 10.1. The molecule has 3 aromatic carbocycles. The maximum Gasteiger partial charge on any atom is 0.418 e. The normalized spacial score (nSPS) is 14.2. The molecule has 0 atom stereocenters. The Kier molecular flexibility index (Phi) is 3.65. The molecule has 150 valence electrons. The number of aryl methyl sites for hydroxylation is 1. The van der Waals surface area contributed by atoms with E-state index in [9.17, 15) is 22.8 Å². The van der Waals surface area contributed by atoms with Gasteiger partial charge in [0.15, 0.2) is 0 Å². The van der Waals surface area contributed by atoms with Crippen LogP contribution in [0, 0.1) is 6.92 Å². The third-order valence-electron chi connectivity index (χ3n) is 5.65. The van der Waals surface area contributed by atoms with Crippen LogP contribution in [0.15, 0.2) is 54.6 Å². The standard InChI is InChI=1S/C23H15F3N2O2/c1-12-6-3-7-13-14-8-4-10-16(23(24,25)26)20(14)28(19(12)13)17-11-5-9-15-18(17)22(30)27(2)21(15)29/h3-11H,1-2H3. The number of para-hydroxylation sites is 2. The van der Waals surface area contributed by atoms with Gasteiger partial charge in [0, 0.05) is 17.8 Å². The van der Waals surface area contributed by atoms with Gasteiger partial charge in [0.05, 0.1) is 33.4 Å². The molecule has 1 aliphatic rings. The van der Waals surface area contributed by atoms with Crippen molar-refractivity contribution in [2.45, 2.75) is 13.1 Å². The zero-order valence-electron chi connectivity index (χ0n) is 16.0. The second-order valence-corrected chi connectivity index (χ2v) is 7.38. The first-order valence-electron chi connectivity index (χ1n) is 9.27. The largest absolute Gasteiger partial charge is 0.418 e. The van der Waals surface area contributed by atoms with Crippen molar-refractivity contribution < 1.29 is 22.8 Å². The molecule has 0 saturated heterocycles. The molecular formula is C23H15F3N2O2. The summed E-state index contributed by atoms with van der Waals surface area (Å²) in [5.41, 5.74) is 1.08. The number of hydrogen-bond acceptors (Lipinski definition) is 2. The molecule has 0 aliphatic carbocycles. The summed E-state index contributed by atoms with van der Waals surface area (Å²) in [5, 5.41) is 1.09. The highest BCUT2D eigenvalue weighted by Gasteiger charge is 2.38. The van der Waals surface area contributed by atoms with E-state index >= 15 is 0 Å². The van der Waals surface area contributed by atoms with E-state index in [1.165, 1.54) is 23.7 Å². The molecule has 4 aromatic rings. The van der Waals surface area contributed by atoms with E-state index in [1.54, 1.807) is 30.3 Å². The molecule has 4 nitrogen and oxygen atoms in total. The Morgan fingerprint density at radius 3 is 2.13 bits per heavy atom. The van der Waals surface area contributed by atoms with Gasteiger partial charge in [-0.15, -0.1) is 0 Å². The molecular weight excluding hydrogens is 393 g/mol. The summed E-state index contributed by atoms with van der Waals surface area (Å²) < 4.78 is 43.4. The first kappa shape index (κ1) is 18.4. The summed E-state index contributed by atoms with van der Waals surface area (Å²) >= 11 is 0. The van der Waals surface area contributed by atoms with Gasteiger partial charge in [-0.1, -0.05) is 36.4 Å². The van der Waals surface area contributed by atoms with Crippen molar-refractivity contribution in [3.05, 3.63) is 76.9 Å². The highest BCUT2D eigenvalue weighted by Crippen LogP contribution is 2.42. The number of carbonyl (C=O) groups is 2. The van der Waals surface area contributed by atoms with Gasteiger partial charge in [-0.2, -0.15) is 13.2 Å². The van der Waals surface area contributed by atoms with Crippen LogP contribution in [0.5, 0.6) is 0 Å². The first-order chi connectivity index (χ1) is 14.2. The second kappa shape index (κ2) is 5.95. The molecule has 2 heterocycles. The molecule has 1 aliphatic heterocycles. The Hall–Kier alpha value is -3.61. The maximum absolute atomic E-state index is 14.0. The summed E-state index contributed by atoms with van der Waals surface area (Å²) in [5.74, 6) is -0.996. The SMILES string of the molecule is Cc1cccc2c3cccc(C(F)(F)F)c3n(-c3cccc4c3C(=O)N(C)C4=O)c12. The molecule has 0 fully saturated rings. The number of amides is 2. The number of rotatable bonds is 1. The van der Waals surface area contributed by atoms with Crippen molar-refractivity contribution in [2.75, 3.05) is 7.05 Å². The molecule has 5 rings (SSSR count). The average molecular weight is 408 g/mol. The van der Waals surface area contributed by atoms with Crippen LogP contribution in [0.1, 0.15) is 31.8 Å². The van der Waals surface area contributed by atoms with Gasteiger partial charge in [-0.3, -0.25) is 14.5 Å². The summed E-state index contributed by atoms with van der Waals surface area (Å²) in [4.78, 5) is 26.3. The third kappa shape index (κ3) is 2.29. The number of nitrogens with zero attached hydrogens (tertiary/aromatic N) is 2. The molecule has 0 saturated carbocycles. The minimum Gasteiger partial charge on any atom is -0.308 e. The van der Waals surface area contributed by atoms with Gasteiger partial charge in [-0.25, -0.2) is 0 Å². The number of fused-ring (bicyclic) bond motifs is 4. The van der Waals surface area contributed by atoms with Crippen LogP contribution in [0.25, 0.3) is 27.5 Å². The average Bonchev–Trinajstić information content (AvgIpc) is 3.16. The number of carbonyl (C=O) groups excluding carboxylic acids is 2. The Morgan fingerprint density at radius 2 is 1.43 bits per heavy atom. The highest BCUT2D eigenvalue weighted by atomic mass is 19.4. The second-order valence-electron chi connectivity index (χ2n) is 7.38. The van der Waals surface area contributed by atoms with E-state index in [2.05, 4.69) is 0 Å².